The van der Waals surface area contributed by atoms with Gasteiger partial charge in [0.25, 0.3) is 0 Å². The van der Waals surface area contributed by atoms with E-state index >= 15 is 0 Å². The van der Waals surface area contributed by atoms with E-state index in [2.05, 4.69) is 10.2 Å². The Morgan fingerprint density at radius 1 is 0.679 bits per heavy atom. The first-order valence-electron chi connectivity index (χ1n) is 7.11. The molecule has 0 heterocycles. The molecule has 0 spiro atoms. The van der Waals surface area contributed by atoms with E-state index in [0.29, 0.717) is 5.69 Å². The molecule has 0 fully saturated rings. The van der Waals surface area contributed by atoms with Gasteiger partial charge in [0, 0.05) is 5.39 Å². The maximum absolute atomic E-state index is 11.6. The first-order valence-corrected chi connectivity index (χ1v) is 9.93. The molecule has 0 N–H and O–H groups in total. The molecule has 3 aromatic rings. The Morgan fingerprint density at radius 2 is 1.29 bits per heavy atom. The third-order valence-electron chi connectivity index (χ3n) is 3.49. The van der Waals surface area contributed by atoms with Gasteiger partial charge in [-0.05, 0) is 35.7 Å². The smallest absolute Gasteiger partial charge is 0.744 e. The number of benzene rings is 3. The quantitative estimate of drug-likeness (QED) is 0.244. The van der Waals surface area contributed by atoms with E-state index in [0.717, 1.165) is 12.1 Å². The molecule has 0 aliphatic carbocycles. The SMILES string of the molecule is O=S(=O)([O-])c1cc2c(S(=O)(=O)[O-])cccc2cc1N=Nc1ccccc1.[Na+].[Na+]. The van der Waals surface area contributed by atoms with Crippen molar-refractivity contribution in [1.29, 1.82) is 0 Å². The van der Waals surface area contributed by atoms with E-state index in [-0.39, 0.29) is 75.6 Å². The summed E-state index contributed by atoms with van der Waals surface area (Å²) < 4.78 is 68.9. The molecule has 134 valence electrons. The van der Waals surface area contributed by atoms with Crippen LogP contribution in [0.1, 0.15) is 0 Å². The van der Waals surface area contributed by atoms with Crippen molar-refractivity contribution in [2.24, 2.45) is 10.2 Å². The van der Waals surface area contributed by atoms with Crippen LogP contribution < -0.4 is 59.1 Å². The van der Waals surface area contributed by atoms with Crippen molar-refractivity contribution in [3.63, 3.8) is 0 Å². The van der Waals surface area contributed by atoms with Crippen LogP contribution in [0.25, 0.3) is 10.8 Å². The van der Waals surface area contributed by atoms with E-state index in [4.69, 9.17) is 0 Å². The maximum atomic E-state index is 11.6. The molecule has 3 aromatic carbocycles. The Labute approximate surface area is 206 Å². The molecule has 0 saturated heterocycles. The summed E-state index contributed by atoms with van der Waals surface area (Å²) in [5.41, 5.74) is 0.175. The summed E-state index contributed by atoms with van der Waals surface area (Å²) >= 11 is 0. The standard InChI is InChI=1S/C16H12N2O6S2.2Na/c19-25(20,21)15-8-4-5-11-9-14(16(10-13(11)15)26(22,23)24)18-17-12-6-2-1-3-7-12;;/h1-10H,(H,19,20,21)(H,22,23,24);;/q;2*+1/p-2. The number of rotatable bonds is 4. The van der Waals surface area contributed by atoms with Gasteiger partial charge in [0.1, 0.15) is 25.9 Å². The number of fused-ring (bicyclic) bond motifs is 1. The fourth-order valence-corrected chi connectivity index (χ4v) is 3.68. The Hall–Kier alpha value is -0.660. The zero-order chi connectivity index (χ0) is 18.9. The number of hydrogen-bond acceptors (Lipinski definition) is 8. The molecule has 0 radical (unpaired) electrons. The Balaban J connectivity index is 0.00000196. The molecule has 28 heavy (non-hydrogen) atoms. The third kappa shape index (κ3) is 5.92. The van der Waals surface area contributed by atoms with Gasteiger partial charge in [0.2, 0.25) is 0 Å². The molecule has 0 bridgehead atoms. The average Bonchev–Trinajstić information content (AvgIpc) is 2.57. The van der Waals surface area contributed by atoms with Crippen molar-refractivity contribution < 1.29 is 85.1 Å². The minimum atomic E-state index is -4.99. The van der Waals surface area contributed by atoms with E-state index in [9.17, 15) is 25.9 Å². The molecule has 3 rings (SSSR count). The second-order valence-electron chi connectivity index (χ2n) is 5.24. The maximum Gasteiger partial charge on any atom is 1.00 e. The summed E-state index contributed by atoms with van der Waals surface area (Å²) in [6.45, 7) is 0. The molecular weight excluding hydrogens is 426 g/mol. The van der Waals surface area contributed by atoms with Gasteiger partial charge in [-0.15, -0.1) is 5.11 Å². The number of hydrogen-bond donors (Lipinski definition) is 0. The zero-order valence-electron chi connectivity index (χ0n) is 14.9. The Morgan fingerprint density at radius 3 is 1.86 bits per heavy atom. The molecule has 0 unspecified atom stereocenters. The summed E-state index contributed by atoms with van der Waals surface area (Å²) in [5, 5.41) is 7.74. The molecule has 12 heteroatoms. The predicted molar refractivity (Wildman–Crippen MR) is 90.5 cm³/mol. The normalized spacial score (nSPS) is 11.8. The van der Waals surface area contributed by atoms with E-state index in [1.165, 1.54) is 18.2 Å². The second-order valence-corrected chi connectivity index (χ2v) is 7.94. The molecule has 0 aliphatic heterocycles. The van der Waals surface area contributed by atoms with Crippen LogP contribution in [0.5, 0.6) is 0 Å². The minimum Gasteiger partial charge on any atom is -0.744 e. The summed E-state index contributed by atoms with van der Waals surface area (Å²) in [6.07, 6.45) is 0. The van der Waals surface area contributed by atoms with Gasteiger partial charge in [0.05, 0.1) is 15.5 Å². The summed E-state index contributed by atoms with van der Waals surface area (Å²) in [4.78, 5) is -1.38. The van der Waals surface area contributed by atoms with Crippen LogP contribution in [-0.2, 0) is 20.2 Å². The Bertz CT molecular complexity index is 1230. The molecule has 0 atom stereocenters. The van der Waals surface area contributed by atoms with E-state index in [1.807, 2.05) is 0 Å². The fraction of sp³-hybridized carbons (Fsp3) is 0. The monoisotopic (exact) mass is 436 g/mol. The molecule has 0 amide bonds. The molecular formula is C16H10N2Na2O6S2. The van der Waals surface area contributed by atoms with Crippen LogP contribution in [0.4, 0.5) is 11.4 Å². The molecule has 8 nitrogen and oxygen atoms in total. The minimum absolute atomic E-state index is 0. The molecule has 0 aromatic heterocycles. The van der Waals surface area contributed by atoms with Crippen LogP contribution in [0.15, 0.2) is 80.7 Å². The topological polar surface area (TPSA) is 139 Å². The van der Waals surface area contributed by atoms with Crippen molar-refractivity contribution in [3.05, 3.63) is 60.7 Å². The first-order chi connectivity index (χ1) is 12.2. The van der Waals surface area contributed by atoms with Gasteiger partial charge < -0.3 is 9.11 Å². The van der Waals surface area contributed by atoms with Crippen molar-refractivity contribution in [1.82, 2.24) is 0 Å². The van der Waals surface area contributed by atoms with Gasteiger partial charge in [-0.25, -0.2) is 16.8 Å². The van der Waals surface area contributed by atoms with Gasteiger partial charge >= 0.3 is 59.1 Å². The van der Waals surface area contributed by atoms with Crippen molar-refractivity contribution in [2.75, 3.05) is 0 Å². The van der Waals surface area contributed by atoms with Crippen molar-refractivity contribution in [2.45, 2.75) is 9.79 Å². The Kier molecular flexibility index (Phi) is 8.97. The summed E-state index contributed by atoms with van der Waals surface area (Å²) in [7, 11) is -9.85. The second kappa shape index (κ2) is 9.90. The average molecular weight is 436 g/mol. The summed E-state index contributed by atoms with van der Waals surface area (Å²) in [6, 6.07) is 14.3. The van der Waals surface area contributed by atoms with E-state index < -0.39 is 30.0 Å². The largest absolute Gasteiger partial charge is 1.00 e. The molecule has 0 saturated carbocycles. The van der Waals surface area contributed by atoms with Crippen LogP contribution in [0, 0.1) is 0 Å². The van der Waals surface area contributed by atoms with Crippen molar-refractivity contribution in [3.8, 4) is 0 Å². The predicted octanol–water partition coefficient (Wildman–Crippen LogP) is -2.93. The van der Waals surface area contributed by atoms with Gasteiger partial charge in [0.15, 0.2) is 0 Å². The number of azo groups is 1. The van der Waals surface area contributed by atoms with Crippen LogP contribution in [-0.4, -0.2) is 25.9 Å². The van der Waals surface area contributed by atoms with Crippen LogP contribution in [0.2, 0.25) is 0 Å². The first kappa shape index (κ1) is 25.4. The van der Waals surface area contributed by atoms with Crippen LogP contribution in [0.3, 0.4) is 0 Å². The number of nitrogens with zero attached hydrogens (tertiary/aromatic N) is 2. The third-order valence-corrected chi connectivity index (χ3v) is 5.25. The van der Waals surface area contributed by atoms with Gasteiger partial charge in [-0.2, -0.15) is 5.11 Å². The van der Waals surface area contributed by atoms with Gasteiger partial charge in [-0.3, -0.25) is 0 Å². The van der Waals surface area contributed by atoms with Crippen molar-refractivity contribution >= 4 is 42.4 Å². The van der Waals surface area contributed by atoms with Gasteiger partial charge in [-0.1, -0.05) is 30.3 Å². The summed E-state index contributed by atoms with van der Waals surface area (Å²) in [5.74, 6) is 0. The van der Waals surface area contributed by atoms with E-state index in [1.54, 1.807) is 30.3 Å². The fourth-order valence-electron chi connectivity index (χ4n) is 2.37. The zero-order valence-corrected chi connectivity index (χ0v) is 20.6. The molecule has 0 aliphatic rings. The van der Waals surface area contributed by atoms with Crippen LogP contribution >= 0.6 is 0 Å².